The minimum absolute atomic E-state index is 0.0153. The minimum Gasteiger partial charge on any atom is -0.304 e. The zero-order valence-electron chi connectivity index (χ0n) is 10.2. The van der Waals surface area contributed by atoms with Crippen molar-refractivity contribution in [1.29, 1.82) is 0 Å². The van der Waals surface area contributed by atoms with E-state index >= 15 is 0 Å². The summed E-state index contributed by atoms with van der Waals surface area (Å²) in [5.74, 6) is 0.782. The third-order valence-corrected chi connectivity index (χ3v) is 2.56. The van der Waals surface area contributed by atoms with E-state index in [1.165, 1.54) is 0 Å². The highest BCUT2D eigenvalue weighted by Gasteiger charge is 2.16. The summed E-state index contributed by atoms with van der Waals surface area (Å²) in [4.78, 5) is 8.60. The van der Waals surface area contributed by atoms with Gasteiger partial charge in [-0.2, -0.15) is 5.10 Å². The number of nitrogens with zero attached hydrogens (tertiary/aromatic N) is 4. The normalized spacial score (nSPS) is 12.6. The molecule has 2 heterocycles. The van der Waals surface area contributed by atoms with Gasteiger partial charge in [-0.05, 0) is 19.5 Å². The largest absolute Gasteiger partial charge is 0.304 e. The summed E-state index contributed by atoms with van der Waals surface area (Å²) in [6.45, 7) is 5.87. The number of aryl methyl sites for hydroxylation is 1. The molecule has 0 aliphatic heterocycles. The monoisotopic (exact) mass is 231 g/mol. The summed E-state index contributed by atoms with van der Waals surface area (Å²) in [7, 11) is 0. The van der Waals surface area contributed by atoms with Crippen molar-refractivity contribution in [3.8, 4) is 0 Å². The average Bonchev–Trinajstić information content (AvgIpc) is 2.85. The quantitative estimate of drug-likeness (QED) is 0.845. The van der Waals surface area contributed by atoms with E-state index in [9.17, 15) is 0 Å². The number of hydrogen-bond donors (Lipinski definition) is 1. The molecule has 0 aromatic carbocycles. The van der Waals surface area contributed by atoms with Crippen molar-refractivity contribution < 1.29 is 0 Å². The number of aromatic nitrogens is 4. The van der Waals surface area contributed by atoms with Gasteiger partial charge in [-0.1, -0.05) is 6.92 Å². The summed E-state index contributed by atoms with van der Waals surface area (Å²) >= 11 is 0. The van der Waals surface area contributed by atoms with Gasteiger partial charge in [0.15, 0.2) is 0 Å². The van der Waals surface area contributed by atoms with Gasteiger partial charge in [0.25, 0.3) is 0 Å². The van der Waals surface area contributed by atoms with Gasteiger partial charge in [0.05, 0.1) is 12.2 Å². The van der Waals surface area contributed by atoms with Crippen LogP contribution in [-0.2, 0) is 6.54 Å². The molecule has 0 spiro atoms. The maximum Gasteiger partial charge on any atom is 0.149 e. The van der Waals surface area contributed by atoms with Gasteiger partial charge in [-0.25, -0.2) is 9.97 Å². The first-order chi connectivity index (χ1) is 8.35. The molecule has 5 heteroatoms. The lowest BCUT2D eigenvalue weighted by Crippen LogP contribution is -2.23. The van der Waals surface area contributed by atoms with Crippen molar-refractivity contribution >= 4 is 0 Å². The summed E-state index contributed by atoms with van der Waals surface area (Å²) in [6.07, 6.45) is 7.42. The van der Waals surface area contributed by atoms with E-state index in [0.29, 0.717) is 0 Å². The Morgan fingerprint density at radius 3 is 2.65 bits per heavy atom. The second-order valence-corrected chi connectivity index (χ2v) is 3.73. The van der Waals surface area contributed by atoms with Gasteiger partial charge < -0.3 is 5.32 Å². The predicted molar refractivity (Wildman–Crippen MR) is 65.5 cm³/mol. The second kappa shape index (κ2) is 5.54. The molecule has 0 radical (unpaired) electrons. The topological polar surface area (TPSA) is 55.6 Å². The molecule has 17 heavy (non-hydrogen) atoms. The van der Waals surface area contributed by atoms with Crippen LogP contribution >= 0.6 is 0 Å². The van der Waals surface area contributed by atoms with E-state index in [4.69, 9.17) is 0 Å². The molecule has 0 saturated carbocycles. The summed E-state index contributed by atoms with van der Waals surface area (Å²) < 4.78 is 1.91. The van der Waals surface area contributed by atoms with Gasteiger partial charge in [0, 0.05) is 30.7 Å². The Morgan fingerprint density at radius 1 is 1.29 bits per heavy atom. The Bertz CT molecular complexity index is 451. The third kappa shape index (κ3) is 2.68. The zero-order chi connectivity index (χ0) is 12.1. The van der Waals surface area contributed by atoms with Gasteiger partial charge in [-0.3, -0.25) is 4.68 Å². The van der Waals surface area contributed by atoms with Crippen LogP contribution in [0.2, 0.25) is 0 Å². The average molecular weight is 231 g/mol. The van der Waals surface area contributed by atoms with Crippen LogP contribution in [0, 0.1) is 0 Å². The highest BCUT2D eigenvalue weighted by molar-refractivity contribution is 5.19. The minimum atomic E-state index is 0.0153. The van der Waals surface area contributed by atoms with Gasteiger partial charge >= 0.3 is 0 Å². The summed E-state index contributed by atoms with van der Waals surface area (Å²) in [5.41, 5.74) is 1.10. The molecule has 0 aliphatic carbocycles. The van der Waals surface area contributed by atoms with Gasteiger partial charge in [-0.15, -0.1) is 0 Å². The molecule has 2 aromatic rings. The molecule has 0 aliphatic rings. The molecule has 1 N–H and O–H groups in total. The molecule has 90 valence electrons. The van der Waals surface area contributed by atoms with Crippen LogP contribution in [0.25, 0.3) is 0 Å². The highest BCUT2D eigenvalue weighted by Crippen LogP contribution is 2.17. The standard InChI is InChI=1S/C12H17N5/c1-3-13-11(12-14-6-5-7-15-12)10-8-16-17(4-2)9-10/h5-9,11,13H,3-4H2,1-2H3. The molecule has 0 fully saturated rings. The molecule has 0 amide bonds. The fourth-order valence-electron chi connectivity index (χ4n) is 1.72. The molecule has 0 bridgehead atoms. The Morgan fingerprint density at radius 2 is 2.06 bits per heavy atom. The van der Waals surface area contributed by atoms with Crippen molar-refractivity contribution in [3.63, 3.8) is 0 Å². The number of hydrogen-bond acceptors (Lipinski definition) is 4. The van der Waals surface area contributed by atoms with Gasteiger partial charge in [0.2, 0.25) is 0 Å². The van der Waals surface area contributed by atoms with Crippen molar-refractivity contribution in [1.82, 2.24) is 25.1 Å². The first-order valence-electron chi connectivity index (χ1n) is 5.87. The Balaban J connectivity index is 2.28. The zero-order valence-corrected chi connectivity index (χ0v) is 10.2. The molecule has 5 nitrogen and oxygen atoms in total. The van der Waals surface area contributed by atoms with Crippen LogP contribution in [0.4, 0.5) is 0 Å². The molecule has 1 unspecified atom stereocenters. The maximum atomic E-state index is 4.30. The predicted octanol–water partition coefficient (Wildman–Crippen LogP) is 1.39. The van der Waals surface area contributed by atoms with E-state index in [1.807, 2.05) is 23.1 Å². The molecular weight excluding hydrogens is 214 g/mol. The smallest absolute Gasteiger partial charge is 0.149 e. The third-order valence-electron chi connectivity index (χ3n) is 2.56. The van der Waals surface area contributed by atoms with E-state index < -0.39 is 0 Å². The van der Waals surface area contributed by atoms with Crippen LogP contribution in [-0.4, -0.2) is 26.3 Å². The van der Waals surface area contributed by atoms with Crippen LogP contribution in [0.3, 0.4) is 0 Å². The Hall–Kier alpha value is -1.75. The lowest BCUT2D eigenvalue weighted by molar-refractivity contribution is 0.594. The van der Waals surface area contributed by atoms with Gasteiger partial charge in [0.1, 0.15) is 5.82 Å². The van der Waals surface area contributed by atoms with Crippen molar-refractivity contribution in [3.05, 3.63) is 42.2 Å². The van der Waals surface area contributed by atoms with Crippen LogP contribution in [0.1, 0.15) is 31.3 Å². The van der Waals surface area contributed by atoms with E-state index in [-0.39, 0.29) is 6.04 Å². The maximum absolute atomic E-state index is 4.30. The summed E-state index contributed by atoms with van der Waals surface area (Å²) in [5, 5.41) is 7.66. The lowest BCUT2D eigenvalue weighted by Gasteiger charge is -2.14. The van der Waals surface area contributed by atoms with Crippen LogP contribution in [0.5, 0.6) is 0 Å². The lowest BCUT2D eigenvalue weighted by atomic mass is 10.1. The van der Waals surface area contributed by atoms with E-state index in [2.05, 4.69) is 34.2 Å². The van der Waals surface area contributed by atoms with Crippen LogP contribution in [0.15, 0.2) is 30.9 Å². The van der Waals surface area contributed by atoms with Crippen molar-refractivity contribution in [2.75, 3.05) is 6.54 Å². The molecule has 2 aromatic heterocycles. The highest BCUT2D eigenvalue weighted by atomic mass is 15.3. The van der Waals surface area contributed by atoms with Crippen molar-refractivity contribution in [2.24, 2.45) is 0 Å². The molecule has 0 saturated heterocycles. The van der Waals surface area contributed by atoms with E-state index in [1.54, 1.807) is 12.4 Å². The molecule has 1 atom stereocenters. The van der Waals surface area contributed by atoms with Crippen molar-refractivity contribution in [2.45, 2.75) is 26.4 Å². The SMILES string of the molecule is CCNC(c1cnn(CC)c1)c1ncccn1. The van der Waals surface area contributed by atoms with Crippen LogP contribution < -0.4 is 5.32 Å². The Labute approximate surface area is 101 Å². The molecule has 2 rings (SSSR count). The van der Waals surface area contributed by atoms with E-state index in [0.717, 1.165) is 24.5 Å². The number of nitrogens with one attached hydrogen (secondary N) is 1. The Kier molecular flexibility index (Phi) is 3.82. The first kappa shape index (κ1) is 11.7. The first-order valence-corrected chi connectivity index (χ1v) is 5.87. The second-order valence-electron chi connectivity index (χ2n) is 3.73. The molecular formula is C12H17N5. The fraction of sp³-hybridized carbons (Fsp3) is 0.417. The number of rotatable bonds is 5. The fourth-order valence-corrected chi connectivity index (χ4v) is 1.72. The summed E-state index contributed by atoms with van der Waals surface area (Å²) in [6, 6.07) is 1.84.